The summed E-state index contributed by atoms with van der Waals surface area (Å²) in [6, 6.07) is 7.58. The Balaban J connectivity index is 2.18. The summed E-state index contributed by atoms with van der Waals surface area (Å²) in [5.74, 6) is -0.262. The molecule has 5 N–H and O–H groups in total. The van der Waals surface area contributed by atoms with E-state index in [4.69, 9.17) is 11.5 Å². The van der Waals surface area contributed by atoms with Gasteiger partial charge in [-0.2, -0.15) is 0 Å². The molecule has 86 valence electrons. The lowest BCUT2D eigenvalue weighted by Gasteiger charge is -2.25. The van der Waals surface area contributed by atoms with Crippen LogP contribution in [0.4, 0.5) is 5.69 Å². The van der Waals surface area contributed by atoms with E-state index in [2.05, 4.69) is 5.32 Å². The number of nitrogens with one attached hydrogen (secondary N) is 1. The van der Waals surface area contributed by atoms with E-state index in [1.807, 2.05) is 24.3 Å². The molecule has 16 heavy (non-hydrogen) atoms. The van der Waals surface area contributed by atoms with Crippen molar-refractivity contribution >= 4 is 11.6 Å². The minimum absolute atomic E-state index is 0.262. The maximum Gasteiger partial charge on any atom is 0.238 e. The molecule has 1 aliphatic rings. The normalized spacial score (nSPS) is 24.5. The van der Waals surface area contributed by atoms with E-state index in [1.165, 1.54) is 0 Å². The Morgan fingerprint density at radius 3 is 2.56 bits per heavy atom. The molecule has 0 aliphatic carbocycles. The van der Waals surface area contributed by atoms with Crippen LogP contribution in [0.3, 0.4) is 0 Å². The quantitative estimate of drug-likeness (QED) is 0.644. The van der Waals surface area contributed by atoms with Crippen LogP contribution in [0, 0.1) is 0 Å². The van der Waals surface area contributed by atoms with Crippen molar-refractivity contribution in [3.05, 3.63) is 29.8 Å². The average molecular weight is 219 g/mol. The van der Waals surface area contributed by atoms with Gasteiger partial charge in [0.2, 0.25) is 5.91 Å². The standard InChI is InChI=1S/C12H17N3O/c13-10-4-2-9(3-5-10)8-12(11(14)16)6-1-7-15-12/h2-5,15H,1,6-8,13H2,(H2,14,16)/t12-/m1/s1. The number of amides is 1. The molecule has 0 radical (unpaired) electrons. The Kier molecular flexibility index (Phi) is 2.83. The second-order valence-electron chi connectivity index (χ2n) is 4.40. The molecule has 1 aromatic rings. The van der Waals surface area contributed by atoms with Crippen LogP contribution in [0.2, 0.25) is 0 Å². The molecule has 0 spiro atoms. The topological polar surface area (TPSA) is 81.1 Å². The van der Waals surface area contributed by atoms with E-state index < -0.39 is 5.54 Å². The molecule has 0 aromatic heterocycles. The molecule has 1 fully saturated rings. The van der Waals surface area contributed by atoms with E-state index in [1.54, 1.807) is 0 Å². The molecule has 0 bridgehead atoms. The molecule has 0 unspecified atom stereocenters. The molecule has 2 rings (SSSR count). The highest BCUT2D eigenvalue weighted by molar-refractivity contribution is 5.85. The van der Waals surface area contributed by atoms with Crippen molar-refractivity contribution in [1.82, 2.24) is 5.32 Å². The number of nitrogen functional groups attached to an aromatic ring is 1. The van der Waals surface area contributed by atoms with Gasteiger partial charge in [-0.05, 0) is 43.5 Å². The van der Waals surface area contributed by atoms with E-state index in [0.717, 1.165) is 30.6 Å². The minimum atomic E-state index is -0.559. The van der Waals surface area contributed by atoms with Crippen LogP contribution in [0.5, 0.6) is 0 Å². The Morgan fingerprint density at radius 1 is 1.38 bits per heavy atom. The fourth-order valence-corrected chi connectivity index (χ4v) is 2.24. The van der Waals surface area contributed by atoms with Gasteiger partial charge in [0.1, 0.15) is 5.54 Å². The fraction of sp³-hybridized carbons (Fsp3) is 0.417. The Labute approximate surface area is 95.0 Å². The summed E-state index contributed by atoms with van der Waals surface area (Å²) in [7, 11) is 0. The van der Waals surface area contributed by atoms with E-state index in [0.29, 0.717) is 6.42 Å². The summed E-state index contributed by atoms with van der Waals surface area (Å²) in [6.45, 7) is 0.859. The zero-order valence-electron chi connectivity index (χ0n) is 9.20. The second-order valence-corrected chi connectivity index (χ2v) is 4.40. The Bertz CT molecular complexity index is 380. The SMILES string of the molecule is NC(=O)[C@]1(Cc2ccc(N)cc2)CCCN1. The summed E-state index contributed by atoms with van der Waals surface area (Å²) in [4.78, 5) is 11.5. The maximum atomic E-state index is 11.5. The molecule has 1 aliphatic heterocycles. The highest BCUT2D eigenvalue weighted by Gasteiger charge is 2.39. The number of hydrogen-bond acceptors (Lipinski definition) is 3. The molecule has 4 nitrogen and oxygen atoms in total. The third-order valence-electron chi connectivity index (χ3n) is 3.20. The van der Waals surface area contributed by atoms with Gasteiger partial charge in [0.25, 0.3) is 0 Å². The van der Waals surface area contributed by atoms with Crippen molar-refractivity contribution in [2.45, 2.75) is 24.8 Å². The molecule has 1 aromatic carbocycles. The zero-order chi connectivity index (χ0) is 11.6. The number of hydrogen-bond donors (Lipinski definition) is 3. The van der Waals surface area contributed by atoms with Crippen LogP contribution < -0.4 is 16.8 Å². The lowest BCUT2D eigenvalue weighted by atomic mass is 9.88. The van der Waals surface area contributed by atoms with Gasteiger partial charge in [0.05, 0.1) is 0 Å². The van der Waals surface area contributed by atoms with Crippen molar-refractivity contribution in [3.8, 4) is 0 Å². The number of benzene rings is 1. The smallest absolute Gasteiger partial charge is 0.238 e. The molecular formula is C12H17N3O. The first-order valence-electron chi connectivity index (χ1n) is 5.52. The van der Waals surface area contributed by atoms with Crippen LogP contribution in [0.25, 0.3) is 0 Å². The summed E-state index contributed by atoms with van der Waals surface area (Å²) in [5.41, 5.74) is 12.4. The monoisotopic (exact) mass is 219 g/mol. The van der Waals surface area contributed by atoms with Crippen molar-refractivity contribution in [1.29, 1.82) is 0 Å². The molecule has 0 saturated carbocycles. The minimum Gasteiger partial charge on any atom is -0.399 e. The van der Waals surface area contributed by atoms with Gasteiger partial charge in [-0.15, -0.1) is 0 Å². The summed E-state index contributed by atoms with van der Waals surface area (Å²) < 4.78 is 0. The summed E-state index contributed by atoms with van der Waals surface area (Å²) in [5, 5.41) is 3.23. The van der Waals surface area contributed by atoms with Crippen molar-refractivity contribution in [3.63, 3.8) is 0 Å². The third-order valence-corrected chi connectivity index (χ3v) is 3.20. The van der Waals surface area contributed by atoms with Crippen LogP contribution in [0.15, 0.2) is 24.3 Å². The number of nitrogens with two attached hydrogens (primary N) is 2. The largest absolute Gasteiger partial charge is 0.399 e. The second kappa shape index (κ2) is 4.14. The van der Waals surface area contributed by atoms with Crippen LogP contribution in [0.1, 0.15) is 18.4 Å². The lowest BCUT2D eigenvalue weighted by Crippen LogP contribution is -2.53. The first-order chi connectivity index (χ1) is 7.62. The van der Waals surface area contributed by atoms with Gasteiger partial charge in [-0.1, -0.05) is 12.1 Å². The summed E-state index contributed by atoms with van der Waals surface area (Å²) >= 11 is 0. The molecule has 4 heteroatoms. The van der Waals surface area contributed by atoms with Gasteiger partial charge in [0, 0.05) is 5.69 Å². The van der Waals surface area contributed by atoms with Crippen LogP contribution in [-0.4, -0.2) is 18.0 Å². The highest BCUT2D eigenvalue weighted by atomic mass is 16.1. The predicted molar refractivity (Wildman–Crippen MR) is 63.7 cm³/mol. The van der Waals surface area contributed by atoms with E-state index >= 15 is 0 Å². The lowest BCUT2D eigenvalue weighted by molar-refractivity contribution is -0.123. The Hall–Kier alpha value is -1.55. The van der Waals surface area contributed by atoms with Crippen molar-refractivity contribution in [2.24, 2.45) is 5.73 Å². The number of rotatable bonds is 3. The summed E-state index contributed by atoms with van der Waals surface area (Å²) in [6.07, 6.45) is 2.45. The van der Waals surface area contributed by atoms with Crippen molar-refractivity contribution in [2.75, 3.05) is 12.3 Å². The van der Waals surface area contributed by atoms with Crippen LogP contribution in [-0.2, 0) is 11.2 Å². The van der Waals surface area contributed by atoms with Crippen molar-refractivity contribution < 1.29 is 4.79 Å². The van der Waals surface area contributed by atoms with Gasteiger partial charge in [-0.25, -0.2) is 0 Å². The first-order valence-corrected chi connectivity index (χ1v) is 5.52. The third kappa shape index (κ3) is 2.02. The first kappa shape index (κ1) is 11.0. The van der Waals surface area contributed by atoms with Gasteiger partial charge in [-0.3, -0.25) is 4.79 Å². The zero-order valence-corrected chi connectivity index (χ0v) is 9.20. The molecule has 1 atom stereocenters. The predicted octanol–water partition coefficient (Wildman–Crippen LogP) is 0.419. The maximum absolute atomic E-state index is 11.5. The van der Waals surface area contributed by atoms with Gasteiger partial charge >= 0.3 is 0 Å². The molecular weight excluding hydrogens is 202 g/mol. The molecule has 1 heterocycles. The average Bonchev–Trinajstić information content (AvgIpc) is 2.71. The highest BCUT2D eigenvalue weighted by Crippen LogP contribution is 2.24. The van der Waals surface area contributed by atoms with Gasteiger partial charge < -0.3 is 16.8 Å². The number of anilines is 1. The number of carbonyl (C=O) groups excluding carboxylic acids is 1. The van der Waals surface area contributed by atoms with Crippen LogP contribution >= 0.6 is 0 Å². The van der Waals surface area contributed by atoms with E-state index in [-0.39, 0.29) is 5.91 Å². The fourth-order valence-electron chi connectivity index (χ4n) is 2.24. The van der Waals surface area contributed by atoms with Gasteiger partial charge in [0.15, 0.2) is 0 Å². The Morgan fingerprint density at radius 2 is 2.06 bits per heavy atom. The van der Waals surface area contributed by atoms with E-state index in [9.17, 15) is 4.79 Å². The number of primary amides is 1. The molecule has 1 saturated heterocycles. The molecule has 1 amide bonds. The number of carbonyl (C=O) groups is 1.